The van der Waals surface area contributed by atoms with Crippen molar-refractivity contribution in [3.63, 3.8) is 0 Å². The number of halogens is 1. The van der Waals surface area contributed by atoms with Crippen LogP contribution in [-0.4, -0.2) is 17.9 Å². The molecule has 100 valence electrons. The number of benzene rings is 1. The first-order valence-electron chi connectivity index (χ1n) is 5.83. The van der Waals surface area contributed by atoms with E-state index in [0.29, 0.717) is 12.8 Å². The van der Waals surface area contributed by atoms with Crippen LogP contribution in [0.2, 0.25) is 0 Å². The van der Waals surface area contributed by atoms with E-state index in [1.165, 1.54) is 0 Å². The lowest BCUT2D eigenvalue weighted by atomic mass is 10.1. The van der Waals surface area contributed by atoms with Crippen LogP contribution >= 0.6 is 27.3 Å². The van der Waals surface area contributed by atoms with E-state index in [0.717, 1.165) is 26.5 Å². The zero-order valence-electron chi connectivity index (χ0n) is 10.8. The number of carbonyl (C=O) groups excluding carboxylic acids is 1. The number of ether oxygens (including phenoxy) is 1. The van der Waals surface area contributed by atoms with E-state index in [2.05, 4.69) is 20.9 Å². The van der Waals surface area contributed by atoms with Crippen LogP contribution in [0.5, 0.6) is 5.75 Å². The van der Waals surface area contributed by atoms with Crippen molar-refractivity contribution in [2.45, 2.75) is 19.8 Å². The summed E-state index contributed by atoms with van der Waals surface area (Å²) in [6.07, 6.45) is 0.766. The molecule has 0 bridgehead atoms. The Hall–Kier alpha value is -1.20. The average molecular weight is 340 g/mol. The summed E-state index contributed by atoms with van der Waals surface area (Å²) in [6, 6.07) is 5.64. The molecule has 0 aliphatic heterocycles. The molecule has 0 fully saturated rings. The molecule has 1 heterocycles. The smallest absolute Gasteiger partial charge is 0.143 e. The minimum absolute atomic E-state index is 0.152. The molecule has 2 aromatic rings. The number of aromatic nitrogens is 1. The van der Waals surface area contributed by atoms with Crippen LogP contribution in [0.15, 0.2) is 28.1 Å². The second-order valence-electron chi connectivity index (χ2n) is 4.21. The van der Waals surface area contributed by atoms with Crippen molar-refractivity contribution in [3.8, 4) is 5.75 Å². The van der Waals surface area contributed by atoms with Crippen LogP contribution in [0, 0.1) is 6.92 Å². The minimum atomic E-state index is 0.152. The molecule has 0 atom stereocenters. The molecule has 5 heteroatoms. The van der Waals surface area contributed by atoms with Crippen LogP contribution in [0.3, 0.4) is 0 Å². The largest absolute Gasteiger partial charge is 0.497 e. The van der Waals surface area contributed by atoms with Crippen molar-refractivity contribution >= 4 is 33.0 Å². The third-order valence-corrected chi connectivity index (χ3v) is 4.28. The van der Waals surface area contributed by atoms with Gasteiger partial charge in [0.05, 0.1) is 17.8 Å². The van der Waals surface area contributed by atoms with Gasteiger partial charge in [-0.15, -0.1) is 11.3 Å². The molecule has 3 nitrogen and oxygen atoms in total. The van der Waals surface area contributed by atoms with E-state index in [-0.39, 0.29) is 5.78 Å². The van der Waals surface area contributed by atoms with Crippen molar-refractivity contribution < 1.29 is 9.53 Å². The SMILES string of the molecule is COc1ccc(Br)c(CC(=O)Cc2csc(C)n2)c1. The Morgan fingerprint density at radius 2 is 2.21 bits per heavy atom. The summed E-state index contributed by atoms with van der Waals surface area (Å²) in [5, 5.41) is 2.93. The number of Topliss-reactive ketones (excluding diaryl/α,β-unsaturated/α-hetero) is 1. The van der Waals surface area contributed by atoms with E-state index in [1.54, 1.807) is 18.4 Å². The van der Waals surface area contributed by atoms with Gasteiger partial charge in [-0.2, -0.15) is 0 Å². The number of nitrogens with zero attached hydrogens (tertiary/aromatic N) is 1. The summed E-state index contributed by atoms with van der Waals surface area (Å²) >= 11 is 5.03. The number of hydrogen-bond donors (Lipinski definition) is 0. The van der Waals surface area contributed by atoms with E-state index in [1.807, 2.05) is 30.5 Å². The normalized spacial score (nSPS) is 10.5. The summed E-state index contributed by atoms with van der Waals surface area (Å²) in [5.41, 5.74) is 1.79. The zero-order valence-corrected chi connectivity index (χ0v) is 13.2. The molecule has 0 aliphatic rings. The zero-order chi connectivity index (χ0) is 13.8. The Labute approximate surface area is 124 Å². The quantitative estimate of drug-likeness (QED) is 0.835. The molecule has 0 amide bonds. The molecule has 1 aromatic heterocycles. The lowest BCUT2D eigenvalue weighted by Crippen LogP contribution is -2.07. The number of aryl methyl sites for hydroxylation is 1. The van der Waals surface area contributed by atoms with Crippen LogP contribution in [0.25, 0.3) is 0 Å². The first-order chi connectivity index (χ1) is 9.08. The second-order valence-corrected chi connectivity index (χ2v) is 6.12. The lowest BCUT2D eigenvalue weighted by molar-refractivity contribution is -0.117. The van der Waals surface area contributed by atoms with Crippen molar-refractivity contribution in [2.75, 3.05) is 7.11 Å². The van der Waals surface area contributed by atoms with Gasteiger partial charge in [0.15, 0.2) is 0 Å². The topological polar surface area (TPSA) is 39.2 Å². The Bertz CT molecular complexity index is 595. The number of carbonyl (C=O) groups is 1. The number of methoxy groups -OCH3 is 1. The van der Waals surface area contributed by atoms with Gasteiger partial charge in [-0.05, 0) is 30.7 Å². The predicted molar refractivity (Wildman–Crippen MR) is 80.0 cm³/mol. The van der Waals surface area contributed by atoms with Crippen molar-refractivity contribution in [1.82, 2.24) is 4.98 Å². The summed E-state index contributed by atoms with van der Waals surface area (Å²) in [6.45, 7) is 1.94. The van der Waals surface area contributed by atoms with Gasteiger partial charge in [-0.25, -0.2) is 4.98 Å². The number of ketones is 1. The lowest BCUT2D eigenvalue weighted by Gasteiger charge is -2.06. The maximum absolute atomic E-state index is 12.0. The monoisotopic (exact) mass is 339 g/mol. The standard InChI is InChI=1S/C14H14BrNO2S/c1-9-16-11(8-19-9)7-12(17)5-10-6-13(18-2)3-4-14(10)15/h3-4,6,8H,5,7H2,1-2H3. The van der Waals surface area contributed by atoms with Crippen molar-refractivity contribution in [1.29, 1.82) is 0 Å². The summed E-state index contributed by atoms with van der Waals surface area (Å²) in [4.78, 5) is 16.4. The summed E-state index contributed by atoms with van der Waals surface area (Å²) < 4.78 is 6.10. The molecule has 0 spiro atoms. The Balaban J connectivity index is 2.06. The van der Waals surface area contributed by atoms with Gasteiger partial charge in [0.25, 0.3) is 0 Å². The van der Waals surface area contributed by atoms with E-state index >= 15 is 0 Å². The fraction of sp³-hybridized carbons (Fsp3) is 0.286. The highest BCUT2D eigenvalue weighted by atomic mass is 79.9. The van der Waals surface area contributed by atoms with Gasteiger partial charge < -0.3 is 4.74 Å². The molecule has 19 heavy (non-hydrogen) atoms. The van der Waals surface area contributed by atoms with Gasteiger partial charge in [0.2, 0.25) is 0 Å². The Kier molecular flexibility index (Phi) is 4.71. The highest BCUT2D eigenvalue weighted by molar-refractivity contribution is 9.10. The van der Waals surface area contributed by atoms with E-state index in [9.17, 15) is 4.79 Å². The second kappa shape index (κ2) is 6.30. The first kappa shape index (κ1) is 14.2. The van der Waals surface area contributed by atoms with E-state index < -0.39 is 0 Å². The maximum Gasteiger partial charge on any atom is 0.143 e. The first-order valence-corrected chi connectivity index (χ1v) is 7.51. The molecule has 2 rings (SSSR count). The third-order valence-electron chi connectivity index (χ3n) is 2.69. The van der Waals surface area contributed by atoms with Gasteiger partial charge in [0, 0.05) is 22.7 Å². The van der Waals surface area contributed by atoms with E-state index in [4.69, 9.17) is 4.74 Å². The summed E-state index contributed by atoms with van der Waals surface area (Å²) in [5.74, 6) is 0.912. The molecule has 0 N–H and O–H groups in total. The molecular formula is C14H14BrNO2S. The third kappa shape index (κ3) is 3.88. The number of rotatable bonds is 5. The van der Waals surface area contributed by atoms with Crippen molar-refractivity contribution in [2.24, 2.45) is 0 Å². The predicted octanol–water partition coefficient (Wildman–Crippen LogP) is 3.58. The van der Waals surface area contributed by atoms with Gasteiger partial charge in [0.1, 0.15) is 11.5 Å². The highest BCUT2D eigenvalue weighted by Gasteiger charge is 2.10. The molecule has 0 aliphatic carbocycles. The number of hydrogen-bond acceptors (Lipinski definition) is 4. The summed E-state index contributed by atoms with van der Waals surface area (Å²) in [7, 11) is 1.62. The van der Waals surface area contributed by atoms with Crippen LogP contribution in [-0.2, 0) is 17.6 Å². The molecule has 0 saturated heterocycles. The van der Waals surface area contributed by atoms with Gasteiger partial charge >= 0.3 is 0 Å². The molecule has 0 unspecified atom stereocenters. The fourth-order valence-electron chi connectivity index (χ4n) is 1.78. The van der Waals surface area contributed by atoms with Crippen LogP contribution in [0.4, 0.5) is 0 Å². The average Bonchev–Trinajstić information content (AvgIpc) is 2.77. The van der Waals surface area contributed by atoms with Gasteiger partial charge in [-0.1, -0.05) is 15.9 Å². The molecule has 1 aromatic carbocycles. The number of thiazole rings is 1. The van der Waals surface area contributed by atoms with Gasteiger partial charge in [-0.3, -0.25) is 4.79 Å². The molecular weight excluding hydrogens is 326 g/mol. The van der Waals surface area contributed by atoms with Crippen LogP contribution < -0.4 is 4.74 Å². The Morgan fingerprint density at radius 3 is 2.84 bits per heavy atom. The molecule has 0 saturated carbocycles. The Morgan fingerprint density at radius 1 is 1.42 bits per heavy atom. The maximum atomic E-state index is 12.0. The molecule has 0 radical (unpaired) electrons. The highest BCUT2D eigenvalue weighted by Crippen LogP contribution is 2.23. The van der Waals surface area contributed by atoms with Crippen molar-refractivity contribution in [3.05, 3.63) is 44.3 Å². The van der Waals surface area contributed by atoms with Crippen LogP contribution in [0.1, 0.15) is 16.3 Å². The fourth-order valence-corrected chi connectivity index (χ4v) is 2.78. The minimum Gasteiger partial charge on any atom is -0.497 e.